The van der Waals surface area contributed by atoms with Crippen molar-refractivity contribution < 1.29 is 9.21 Å². The monoisotopic (exact) mass is 438 g/mol. The van der Waals surface area contributed by atoms with Crippen LogP contribution < -0.4 is 10.2 Å². The average Bonchev–Trinajstić information content (AvgIpc) is 3.11. The van der Waals surface area contributed by atoms with E-state index in [1.54, 1.807) is 6.07 Å². The van der Waals surface area contributed by atoms with Gasteiger partial charge in [-0.3, -0.25) is 4.79 Å². The SMILES string of the molecule is O=C(Cc1ccccc1Cl)NC(Cc1ccccc1)c1nnc(N2CCCCCC2)o1. The second-order valence-electron chi connectivity index (χ2n) is 7.90. The van der Waals surface area contributed by atoms with E-state index in [0.717, 1.165) is 37.1 Å². The van der Waals surface area contributed by atoms with Crippen molar-refractivity contribution in [3.63, 3.8) is 0 Å². The summed E-state index contributed by atoms with van der Waals surface area (Å²) in [5.41, 5.74) is 1.87. The van der Waals surface area contributed by atoms with Gasteiger partial charge < -0.3 is 14.6 Å². The molecule has 162 valence electrons. The fourth-order valence-electron chi connectivity index (χ4n) is 3.87. The summed E-state index contributed by atoms with van der Waals surface area (Å²) in [6.07, 6.45) is 5.47. The first-order valence-electron chi connectivity index (χ1n) is 10.8. The Hall–Kier alpha value is -2.86. The van der Waals surface area contributed by atoms with Crippen LogP contribution in [0, 0.1) is 0 Å². The van der Waals surface area contributed by atoms with Crippen LogP contribution in [0.2, 0.25) is 5.02 Å². The van der Waals surface area contributed by atoms with Gasteiger partial charge in [-0.25, -0.2) is 0 Å². The van der Waals surface area contributed by atoms with Crippen molar-refractivity contribution in [3.05, 3.63) is 76.6 Å². The maximum absolute atomic E-state index is 12.8. The number of aromatic nitrogens is 2. The number of carbonyl (C=O) groups excluding carboxylic acids is 1. The number of nitrogens with one attached hydrogen (secondary N) is 1. The van der Waals surface area contributed by atoms with E-state index in [-0.39, 0.29) is 12.3 Å². The molecule has 1 fully saturated rings. The highest BCUT2D eigenvalue weighted by molar-refractivity contribution is 6.31. The van der Waals surface area contributed by atoms with E-state index in [2.05, 4.69) is 20.4 Å². The van der Waals surface area contributed by atoms with Crippen molar-refractivity contribution in [1.29, 1.82) is 0 Å². The Bertz CT molecular complexity index is 984. The van der Waals surface area contributed by atoms with E-state index in [1.165, 1.54) is 12.8 Å². The third-order valence-electron chi connectivity index (χ3n) is 5.53. The zero-order valence-corrected chi connectivity index (χ0v) is 18.2. The molecule has 0 aliphatic carbocycles. The third kappa shape index (κ3) is 5.85. The van der Waals surface area contributed by atoms with Crippen molar-refractivity contribution >= 4 is 23.5 Å². The van der Waals surface area contributed by atoms with Gasteiger partial charge in [0.15, 0.2) is 0 Å². The molecule has 2 aromatic carbocycles. The highest BCUT2D eigenvalue weighted by atomic mass is 35.5. The number of benzene rings is 2. The lowest BCUT2D eigenvalue weighted by Gasteiger charge is -2.18. The molecule has 3 aromatic rings. The second-order valence-corrected chi connectivity index (χ2v) is 8.31. The molecule has 4 rings (SSSR count). The molecule has 1 saturated heterocycles. The molecule has 0 spiro atoms. The summed E-state index contributed by atoms with van der Waals surface area (Å²) >= 11 is 6.23. The largest absolute Gasteiger partial charge is 0.406 e. The average molecular weight is 439 g/mol. The van der Waals surface area contributed by atoms with Gasteiger partial charge >= 0.3 is 6.01 Å². The lowest BCUT2D eigenvalue weighted by Crippen LogP contribution is -2.31. The third-order valence-corrected chi connectivity index (χ3v) is 5.90. The standard InChI is InChI=1S/C24H27ClN4O2/c25-20-13-7-6-12-19(20)17-22(30)26-21(16-18-10-4-3-5-11-18)23-27-28-24(31-23)29-14-8-1-2-9-15-29/h3-7,10-13,21H,1-2,8-9,14-17H2,(H,26,30). The molecule has 1 atom stereocenters. The molecule has 1 unspecified atom stereocenters. The van der Waals surface area contributed by atoms with Crippen LogP contribution in [0.5, 0.6) is 0 Å². The fraction of sp³-hybridized carbons (Fsp3) is 0.375. The quantitative estimate of drug-likeness (QED) is 0.576. The molecule has 31 heavy (non-hydrogen) atoms. The normalized spacial score (nSPS) is 15.3. The van der Waals surface area contributed by atoms with Crippen LogP contribution in [0.3, 0.4) is 0 Å². The molecule has 1 amide bonds. The van der Waals surface area contributed by atoms with Crippen LogP contribution in [0.4, 0.5) is 6.01 Å². The molecule has 1 aliphatic heterocycles. The molecule has 1 aliphatic rings. The maximum Gasteiger partial charge on any atom is 0.318 e. The Kier molecular flexibility index (Phi) is 7.20. The van der Waals surface area contributed by atoms with Crippen molar-refractivity contribution in [2.45, 2.75) is 44.6 Å². The van der Waals surface area contributed by atoms with Crippen molar-refractivity contribution in [2.24, 2.45) is 0 Å². The minimum Gasteiger partial charge on any atom is -0.406 e. The van der Waals surface area contributed by atoms with Gasteiger partial charge in [-0.1, -0.05) is 78.1 Å². The van der Waals surface area contributed by atoms with Gasteiger partial charge in [0.05, 0.1) is 6.42 Å². The Labute approximate surface area is 187 Å². The number of amides is 1. The highest BCUT2D eigenvalue weighted by Gasteiger charge is 2.24. The topological polar surface area (TPSA) is 71.3 Å². The number of hydrogen-bond acceptors (Lipinski definition) is 5. The second kappa shape index (κ2) is 10.4. The molecule has 7 heteroatoms. The summed E-state index contributed by atoms with van der Waals surface area (Å²) in [6, 6.07) is 17.5. The van der Waals surface area contributed by atoms with E-state index in [9.17, 15) is 4.79 Å². The molecule has 1 aromatic heterocycles. The molecular weight excluding hydrogens is 412 g/mol. The van der Waals surface area contributed by atoms with Gasteiger partial charge in [0.1, 0.15) is 6.04 Å². The molecule has 6 nitrogen and oxygen atoms in total. The highest BCUT2D eigenvalue weighted by Crippen LogP contribution is 2.24. The number of hydrogen-bond donors (Lipinski definition) is 1. The number of nitrogens with zero attached hydrogens (tertiary/aromatic N) is 3. The van der Waals surface area contributed by atoms with Crippen LogP contribution in [0.1, 0.15) is 48.7 Å². The van der Waals surface area contributed by atoms with E-state index in [1.807, 2.05) is 48.5 Å². The minimum atomic E-state index is -0.411. The zero-order valence-electron chi connectivity index (χ0n) is 17.5. The zero-order chi connectivity index (χ0) is 21.5. The van der Waals surface area contributed by atoms with Crippen molar-refractivity contribution in [2.75, 3.05) is 18.0 Å². The predicted molar refractivity (Wildman–Crippen MR) is 121 cm³/mol. The Morgan fingerprint density at radius 3 is 2.45 bits per heavy atom. The number of halogens is 1. The summed E-state index contributed by atoms with van der Waals surface area (Å²) in [5.74, 6) is 0.291. The summed E-state index contributed by atoms with van der Waals surface area (Å²) in [7, 11) is 0. The lowest BCUT2D eigenvalue weighted by atomic mass is 10.1. The Morgan fingerprint density at radius 2 is 1.71 bits per heavy atom. The van der Waals surface area contributed by atoms with Gasteiger partial charge in [-0.2, -0.15) is 0 Å². The van der Waals surface area contributed by atoms with Gasteiger partial charge in [0.2, 0.25) is 11.8 Å². The van der Waals surface area contributed by atoms with Gasteiger partial charge in [0.25, 0.3) is 0 Å². The molecule has 2 heterocycles. The molecule has 0 radical (unpaired) electrons. The van der Waals surface area contributed by atoms with Gasteiger partial charge in [-0.15, -0.1) is 5.10 Å². The van der Waals surface area contributed by atoms with E-state index in [0.29, 0.717) is 23.3 Å². The fourth-order valence-corrected chi connectivity index (χ4v) is 4.07. The summed E-state index contributed by atoms with van der Waals surface area (Å²) in [6.45, 7) is 1.84. The van der Waals surface area contributed by atoms with Gasteiger partial charge in [-0.05, 0) is 30.0 Å². The lowest BCUT2D eigenvalue weighted by molar-refractivity contribution is -0.121. The van der Waals surface area contributed by atoms with Gasteiger partial charge in [0, 0.05) is 24.5 Å². The Morgan fingerprint density at radius 1 is 1.00 bits per heavy atom. The minimum absolute atomic E-state index is 0.136. The summed E-state index contributed by atoms with van der Waals surface area (Å²) < 4.78 is 6.05. The predicted octanol–water partition coefficient (Wildman–Crippen LogP) is 4.75. The van der Waals surface area contributed by atoms with Crippen LogP contribution >= 0.6 is 11.6 Å². The molecule has 0 saturated carbocycles. The number of rotatable bonds is 7. The number of carbonyl (C=O) groups is 1. The van der Waals surface area contributed by atoms with Crippen LogP contribution in [-0.2, 0) is 17.6 Å². The maximum atomic E-state index is 12.8. The van der Waals surface area contributed by atoms with Crippen LogP contribution in [0.15, 0.2) is 59.0 Å². The number of anilines is 1. The molecular formula is C24H27ClN4O2. The first kappa shape index (κ1) is 21.4. The smallest absolute Gasteiger partial charge is 0.318 e. The van der Waals surface area contributed by atoms with E-state index < -0.39 is 6.04 Å². The first-order valence-corrected chi connectivity index (χ1v) is 11.2. The summed E-state index contributed by atoms with van der Waals surface area (Å²) in [5, 5.41) is 12.2. The van der Waals surface area contributed by atoms with Crippen LogP contribution in [0.25, 0.3) is 0 Å². The van der Waals surface area contributed by atoms with E-state index >= 15 is 0 Å². The van der Waals surface area contributed by atoms with E-state index in [4.69, 9.17) is 16.0 Å². The van der Waals surface area contributed by atoms with Crippen molar-refractivity contribution in [3.8, 4) is 0 Å². The van der Waals surface area contributed by atoms with Crippen molar-refractivity contribution in [1.82, 2.24) is 15.5 Å². The molecule has 1 N–H and O–H groups in total. The molecule has 0 bridgehead atoms. The Balaban J connectivity index is 1.51. The summed E-state index contributed by atoms with van der Waals surface area (Å²) in [4.78, 5) is 15.0. The van der Waals surface area contributed by atoms with Crippen LogP contribution in [-0.4, -0.2) is 29.2 Å². The first-order chi connectivity index (χ1) is 15.2.